The van der Waals surface area contributed by atoms with Crippen molar-refractivity contribution in [2.75, 3.05) is 5.73 Å². The molecule has 1 aromatic carbocycles. The first kappa shape index (κ1) is 11.1. The highest BCUT2D eigenvalue weighted by Crippen LogP contribution is 2.24. The molecule has 2 N–H and O–H groups in total. The van der Waals surface area contributed by atoms with Crippen LogP contribution in [0.2, 0.25) is 5.02 Å². The summed E-state index contributed by atoms with van der Waals surface area (Å²) in [6, 6.07) is 4.87. The van der Waals surface area contributed by atoms with Crippen molar-refractivity contribution >= 4 is 34.4 Å². The molecule has 2 aromatic rings. The average Bonchev–Trinajstić information content (AvgIpc) is 2.64. The van der Waals surface area contributed by atoms with Crippen LogP contribution in [0.3, 0.4) is 0 Å². The number of hydrogen-bond acceptors (Lipinski definition) is 4. The van der Waals surface area contributed by atoms with Crippen LogP contribution < -0.4 is 5.73 Å². The van der Waals surface area contributed by atoms with Gasteiger partial charge in [-0.15, -0.1) is 11.3 Å². The fourth-order valence-electron chi connectivity index (χ4n) is 1.31. The van der Waals surface area contributed by atoms with E-state index in [1.807, 2.05) is 6.92 Å². The number of carbonyl (C=O) groups is 1. The zero-order valence-electron chi connectivity index (χ0n) is 8.53. The van der Waals surface area contributed by atoms with Crippen molar-refractivity contribution in [3.8, 4) is 0 Å². The van der Waals surface area contributed by atoms with E-state index in [2.05, 4.69) is 4.98 Å². The molecule has 82 valence electrons. The number of nitrogens with two attached hydrogens (primary N) is 1. The Balaban J connectivity index is 2.41. The fourth-order valence-corrected chi connectivity index (χ4v) is 2.32. The molecule has 1 heterocycles. The van der Waals surface area contributed by atoms with Crippen LogP contribution in [-0.2, 0) is 0 Å². The largest absolute Gasteiger partial charge is 0.399 e. The van der Waals surface area contributed by atoms with Crippen LogP contribution in [0.4, 0.5) is 5.69 Å². The summed E-state index contributed by atoms with van der Waals surface area (Å²) in [7, 11) is 0. The Bertz CT molecular complexity index is 551. The van der Waals surface area contributed by atoms with E-state index in [0.29, 0.717) is 21.2 Å². The van der Waals surface area contributed by atoms with Crippen molar-refractivity contribution < 1.29 is 4.79 Å². The van der Waals surface area contributed by atoms with E-state index < -0.39 is 0 Å². The second kappa shape index (κ2) is 4.23. The second-order valence-corrected chi connectivity index (χ2v) is 4.95. The van der Waals surface area contributed by atoms with E-state index >= 15 is 0 Å². The quantitative estimate of drug-likeness (QED) is 0.660. The van der Waals surface area contributed by atoms with Crippen molar-refractivity contribution in [2.45, 2.75) is 6.92 Å². The van der Waals surface area contributed by atoms with Gasteiger partial charge in [0, 0.05) is 17.4 Å². The van der Waals surface area contributed by atoms with Crippen molar-refractivity contribution in [1.82, 2.24) is 4.98 Å². The molecule has 0 bridgehead atoms. The number of nitrogens with zero attached hydrogens (tertiary/aromatic N) is 1. The number of aromatic nitrogens is 1. The van der Waals surface area contributed by atoms with E-state index in [1.54, 1.807) is 24.4 Å². The summed E-state index contributed by atoms with van der Waals surface area (Å²) in [5, 5.41) is 1.23. The summed E-state index contributed by atoms with van der Waals surface area (Å²) in [5.74, 6) is -0.115. The van der Waals surface area contributed by atoms with Crippen LogP contribution in [0.1, 0.15) is 20.2 Å². The van der Waals surface area contributed by atoms with Gasteiger partial charge >= 0.3 is 0 Å². The molecule has 1 aromatic heterocycles. The topological polar surface area (TPSA) is 56.0 Å². The number of benzene rings is 1. The third kappa shape index (κ3) is 2.08. The highest BCUT2D eigenvalue weighted by Gasteiger charge is 2.15. The molecule has 0 aliphatic carbocycles. The van der Waals surface area contributed by atoms with Gasteiger partial charge in [-0.25, -0.2) is 4.98 Å². The third-order valence-corrected chi connectivity index (χ3v) is 3.31. The molecule has 0 unspecified atom stereocenters. The Morgan fingerprint density at radius 1 is 1.50 bits per heavy atom. The number of ketones is 1. The van der Waals surface area contributed by atoms with Gasteiger partial charge in [0.05, 0.1) is 14.9 Å². The van der Waals surface area contributed by atoms with E-state index in [-0.39, 0.29) is 5.78 Å². The predicted molar refractivity (Wildman–Crippen MR) is 66.1 cm³/mol. The maximum absolute atomic E-state index is 12.0. The first-order valence-electron chi connectivity index (χ1n) is 4.60. The number of nitrogen functional groups attached to an aromatic ring is 1. The molecule has 0 fully saturated rings. The maximum Gasteiger partial charge on any atom is 0.206 e. The number of anilines is 1. The van der Waals surface area contributed by atoms with Gasteiger partial charge in [-0.3, -0.25) is 4.79 Å². The highest BCUT2D eigenvalue weighted by molar-refractivity contribution is 7.13. The van der Waals surface area contributed by atoms with E-state index in [0.717, 1.165) is 5.01 Å². The minimum atomic E-state index is -0.115. The molecule has 0 amide bonds. The van der Waals surface area contributed by atoms with Crippen LogP contribution >= 0.6 is 22.9 Å². The van der Waals surface area contributed by atoms with Gasteiger partial charge in [0.15, 0.2) is 0 Å². The molecule has 0 spiro atoms. The Hall–Kier alpha value is -1.39. The molecular formula is C11H9ClN2OS. The van der Waals surface area contributed by atoms with Crippen LogP contribution in [0.5, 0.6) is 0 Å². The summed E-state index contributed by atoms with van der Waals surface area (Å²) in [6.07, 6.45) is 1.56. The van der Waals surface area contributed by atoms with E-state index in [4.69, 9.17) is 17.3 Å². The minimum absolute atomic E-state index is 0.115. The molecule has 0 aliphatic heterocycles. The lowest BCUT2D eigenvalue weighted by atomic mass is 10.1. The van der Waals surface area contributed by atoms with Crippen LogP contribution in [0, 0.1) is 6.92 Å². The summed E-state index contributed by atoms with van der Waals surface area (Å²) in [6.45, 7) is 1.85. The van der Waals surface area contributed by atoms with Crippen molar-refractivity contribution in [3.63, 3.8) is 0 Å². The Kier molecular flexibility index (Phi) is 2.94. The standard InChI is InChI=1S/C11H9ClN2OS/c1-6-14-5-10(16-6)11(15)8-3-2-7(13)4-9(8)12/h2-5H,13H2,1H3. The van der Waals surface area contributed by atoms with Gasteiger partial charge in [0.2, 0.25) is 5.78 Å². The maximum atomic E-state index is 12.0. The van der Waals surface area contributed by atoms with Crippen LogP contribution in [-0.4, -0.2) is 10.8 Å². The lowest BCUT2D eigenvalue weighted by Gasteiger charge is -2.02. The van der Waals surface area contributed by atoms with E-state index in [9.17, 15) is 4.79 Å². The smallest absolute Gasteiger partial charge is 0.206 e. The van der Waals surface area contributed by atoms with E-state index in [1.165, 1.54) is 11.3 Å². The average molecular weight is 253 g/mol. The molecule has 0 saturated heterocycles. The molecule has 16 heavy (non-hydrogen) atoms. The Morgan fingerprint density at radius 2 is 2.25 bits per heavy atom. The molecule has 0 radical (unpaired) electrons. The first-order chi connectivity index (χ1) is 7.58. The normalized spacial score (nSPS) is 10.4. The fraction of sp³-hybridized carbons (Fsp3) is 0.0909. The van der Waals surface area contributed by atoms with Gasteiger partial charge in [0.1, 0.15) is 0 Å². The number of thiazole rings is 1. The molecule has 0 aliphatic rings. The zero-order valence-corrected chi connectivity index (χ0v) is 10.1. The molecule has 0 atom stereocenters. The SMILES string of the molecule is Cc1ncc(C(=O)c2ccc(N)cc2Cl)s1. The minimum Gasteiger partial charge on any atom is -0.399 e. The third-order valence-electron chi connectivity index (χ3n) is 2.08. The number of rotatable bonds is 2. The van der Waals surface area contributed by atoms with Crippen molar-refractivity contribution in [2.24, 2.45) is 0 Å². The van der Waals surface area contributed by atoms with Gasteiger partial charge in [-0.1, -0.05) is 11.6 Å². The van der Waals surface area contributed by atoms with Crippen molar-refractivity contribution in [3.05, 3.63) is 44.9 Å². The number of hydrogen-bond donors (Lipinski definition) is 1. The lowest BCUT2D eigenvalue weighted by molar-refractivity contribution is 0.104. The van der Waals surface area contributed by atoms with Crippen LogP contribution in [0.25, 0.3) is 0 Å². The summed E-state index contributed by atoms with van der Waals surface area (Å²) in [5.41, 5.74) is 6.57. The Morgan fingerprint density at radius 3 is 2.81 bits per heavy atom. The highest BCUT2D eigenvalue weighted by atomic mass is 35.5. The van der Waals surface area contributed by atoms with Gasteiger partial charge < -0.3 is 5.73 Å². The van der Waals surface area contributed by atoms with Crippen molar-refractivity contribution in [1.29, 1.82) is 0 Å². The van der Waals surface area contributed by atoms with Gasteiger partial charge in [-0.2, -0.15) is 0 Å². The van der Waals surface area contributed by atoms with Gasteiger partial charge in [-0.05, 0) is 25.1 Å². The molecule has 5 heteroatoms. The monoisotopic (exact) mass is 252 g/mol. The first-order valence-corrected chi connectivity index (χ1v) is 5.79. The van der Waals surface area contributed by atoms with Crippen LogP contribution in [0.15, 0.2) is 24.4 Å². The van der Waals surface area contributed by atoms with Gasteiger partial charge in [0.25, 0.3) is 0 Å². The molecular weight excluding hydrogens is 244 g/mol. The summed E-state index contributed by atoms with van der Waals surface area (Å²) >= 11 is 7.32. The summed E-state index contributed by atoms with van der Waals surface area (Å²) in [4.78, 5) is 16.7. The number of aryl methyl sites for hydroxylation is 1. The number of halogens is 1. The number of carbonyl (C=O) groups excluding carboxylic acids is 1. The predicted octanol–water partition coefficient (Wildman–Crippen LogP) is 2.92. The zero-order chi connectivity index (χ0) is 11.7. The second-order valence-electron chi connectivity index (χ2n) is 3.31. The molecule has 3 nitrogen and oxygen atoms in total. The summed E-state index contributed by atoms with van der Waals surface area (Å²) < 4.78 is 0. The molecule has 0 saturated carbocycles. The lowest BCUT2D eigenvalue weighted by Crippen LogP contribution is -2.00. The Labute approximate surface area is 102 Å². The molecule has 2 rings (SSSR count).